The van der Waals surface area contributed by atoms with Crippen molar-refractivity contribution in [2.45, 2.75) is 68.0 Å². The van der Waals surface area contributed by atoms with Crippen LogP contribution in [0.1, 0.15) is 32.6 Å². The summed E-state index contributed by atoms with van der Waals surface area (Å²) in [6, 6.07) is 0. The van der Waals surface area contributed by atoms with Gasteiger partial charge in [0, 0.05) is 17.7 Å². The van der Waals surface area contributed by atoms with Gasteiger partial charge in [-0.15, -0.1) is 6.42 Å². The van der Waals surface area contributed by atoms with Gasteiger partial charge in [0.25, 0.3) is 0 Å². The molecule has 0 saturated carbocycles. The van der Waals surface area contributed by atoms with Gasteiger partial charge in [0.05, 0.1) is 30.5 Å². The van der Waals surface area contributed by atoms with Crippen molar-refractivity contribution < 1.29 is 14.6 Å². The van der Waals surface area contributed by atoms with E-state index in [9.17, 15) is 5.11 Å². The standard InChI is InChI=1S/C15H21BrO3/c1-3-5-6-7-10(16)12-8-14-15(18-12)9-13(19-14)11(17)4-2/h1,5-6,10-15,17H,4,7-9H2,2H3/b6-5-/t10?,11?,12-,13-,14-,15-/m1/s1. The predicted molar refractivity (Wildman–Crippen MR) is 78.2 cm³/mol. The molecule has 2 fully saturated rings. The first-order valence-corrected chi connectivity index (χ1v) is 7.81. The lowest BCUT2D eigenvalue weighted by molar-refractivity contribution is -0.0355. The fourth-order valence-electron chi connectivity index (χ4n) is 2.77. The number of alkyl halides is 1. The van der Waals surface area contributed by atoms with Crippen molar-refractivity contribution in [3.05, 3.63) is 12.2 Å². The van der Waals surface area contributed by atoms with Crippen LogP contribution < -0.4 is 0 Å². The van der Waals surface area contributed by atoms with Gasteiger partial charge in [0.2, 0.25) is 0 Å². The molecule has 2 aliphatic rings. The topological polar surface area (TPSA) is 38.7 Å². The zero-order chi connectivity index (χ0) is 13.8. The van der Waals surface area contributed by atoms with Gasteiger partial charge in [-0.2, -0.15) is 0 Å². The number of hydrogen-bond acceptors (Lipinski definition) is 3. The number of rotatable bonds is 5. The first-order chi connectivity index (χ1) is 9.15. The Morgan fingerprint density at radius 2 is 2.00 bits per heavy atom. The molecule has 0 amide bonds. The van der Waals surface area contributed by atoms with Crippen LogP contribution in [0.5, 0.6) is 0 Å². The van der Waals surface area contributed by atoms with Gasteiger partial charge < -0.3 is 14.6 Å². The second-order valence-electron chi connectivity index (χ2n) is 5.19. The zero-order valence-corrected chi connectivity index (χ0v) is 12.8. The second kappa shape index (κ2) is 6.90. The SMILES string of the molecule is C#C/C=C\CC(Br)[C@H]1C[C@H]2O[C@@H](C(O)CC)C[C@H]2O1. The molecule has 2 rings (SSSR count). The van der Waals surface area contributed by atoms with E-state index in [1.54, 1.807) is 6.08 Å². The van der Waals surface area contributed by atoms with Crippen LogP contribution in [0.3, 0.4) is 0 Å². The van der Waals surface area contributed by atoms with Gasteiger partial charge in [0.1, 0.15) is 0 Å². The average molecular weight is 329 g/mol. The monoisotopic (exact) mass is 328 g/mol. The molecule has 2 saturated heterocycles. The van der Waals surface area contributed by atoms with Crippen LogP contribution in [0.4, 0.5) is 0 Å². The predicted octanol–water partition coefficient (Wildman–Crippen LogP) is 2.42. The van der Waals surface area contributed by atoms with Gasteiger partial charge in [-0.1, -0.05) is 34.9 Å². The van der Waals surface area contributed by atoms with Gasteiger partial charge in [0.15, 0.2) is 0 Å². The molecule has 3 nitrogen and oxygen atoms in total. The third-order valence-corrected chi connectivity index (χ3v) is 4.83. The van der Waals surface area contributed by atoms with Crippen molar-refractivity contribution >= 4 is 15.9 Å². The molecule has 0 radical (unpaired) electrons. The summed E-state index contributed by atoms with van der Waals surface area (Å²) >= 11 is 3.65. The summed E-state index contributed by atoms with van der Waals surface area (Å²) in [5, 5.41) is 9.81. The number of fused-ring (bicyclic) bond motifs is 1. The highest BCUT2D eigenvalue weighted by atomic mass is 79.9. The van der Waals surface area contributed by atoms with Crippen LogP contribution in [0, 0.1) is 12.3 Å². The van der Waals surface area contributed by atoms with Crippen LogP contribution in [-0.4, -0.2) is 40.5 Å². The second-order valence-corrected chi connectivity index (χ2v) is 6.37. The van der Waals surface area contributed by atoms with Gasteiger partial charge in [-0.3, -0.25) is 0 Å². The Kier molecular flexibility index (Phi) is 5.47. The highest BCUT2D eigenvalue weighted by molar-refractivity contribution is 9.09. The minimum atomic E-state index is -0.369. The van der Waals surface area contributed by atoms with E-state index >= 15 is 0 Å². The molecule has 0 spiro atoms. The van der Waals surface area contributed by atoms with Gasteiger partial charge in [-0.25, -0.2) is 0 Å². The lowest BCUT2D eigenvalue weighted by Gasteiger charge is -2.21. The highest BCUT2D eigenvalue weighted by Crippen LogP contribution is 2.38. The van der Waals surface area contributed by atoms with Crippen molar-refractivity contribution in [2.24, 2.45) is 0 Å². The Balaban J connectivity index is 1.81. The summed E-state index contributed by atoms with van der Waals surface area (Å²) in [7, 11) is 0. The van der Waals surface area contributed by atoms with E-state index in [4.69, 9.17) is 15.9 Å². The van der Waals surface area contributed by atoms with Crippen molar-refractivity contribution in [1.82, 2.24) is 0 Å². The molecule has 0 aromatic heterocycles. The van der Waals surface area contributed by atoms with Crippen molar-refractivity contribution in [3.8, 4) is 12.3 Å². The molecular weight excluding hydrogens is 308 g/mol. The Morgan fingerprint density at radius 1 is 1.37 bits per heavy atom. The van der Waals surface area contributed by atoms with Gasteiger partial charge >= 0.3 is 0 Å². The molecule has 2 unspecified atom stereocenters. The van der Waals surface area contributed by atoms with Crippen LogP contribution in [-0.2, 0) is 9.47 Å². The maximum atomic E-state index is 9.81. The quantitative estimate of drug-likeness (QED) is 0.622. The first kappa shape index (κ1) is 15.1. The third kappa shape index (κ3) is 3.61. The molecule has 6 atom stereocenters. The maximum Gasteiger partial charge on any atom is 0.0868 e. The van der Waals surface area contributed by atoms with E-state index in [2.05, 4.69) is 21.9 Å². The summed E-state index contributed by atoms with van der Waals surface area (Å²) in [4.78, 5) is 0.265. The molecule has 106 valence electrons. The van der Waals surface area contributed by atoms with E-state index in [-0.39, 0.29) is 35.3 Å². The number of allylic oxidation sites excluding steroid dienone is 2. The first-order valence-electron chi connectivity index (χ1n) is 6.89. The highest BCUT2D eigenvalue weighted by Gasteiger charge is 2.46. The number of aliphatic hydroxyl groups excluding tert-OH is 1. The van der Waals surface area contributed by atoms with Crippen molar-refractivity contribution in [1.29, 1.82) is 0 Å². The van der Waals surface area contributed by atoms with E-state index in [0.29, 0.717) is 0 Å². The minimum absolute atomic E-state index is 0.0592. The van der Waals surface area contributed by atoms with Crippen LogP contribution in [0.15, 0.2) is 12.2 Å². The molecule has 2 aliphatic heterocycles. The summed E-state index contributed by atoms with van der Waals surface area (Å²) in [6.45, 7) is 1.97. The maximum absolute atomic E-state index is 9.81. The molecule has 0 bridgehead atoms. The molecule has 2 heterocycles. The average Bonchev–Trinajstić information content (AvgIpc) is 2.96. The number of halogens is 1. The zero-order valence-electron chi connectivity index (χ0n) is 11.2. The van der Waals surface area contributed by atoms with Gasteiger partial charge in [-0.05, 0) is 18.9 Å². The molecule has 0 aromatic rings. The molecule has 4 heteroatoms. The summed E-state index contributed by atoms with van der Waals surface area (Å²) in [5.74, 6) is 2.48. The Bertz CT molecular complexity index is 349. The van der Waals surface area contributed by atoms with Crippen LogP contribution in [0.25, 0.3) is 0 Å². The summed E-state index contributed by atoms with van der Waals surface area (Å²) in [6.07, 6.45) is 12.1. The number of ether oxygens (including phenoxy) is 2. The number of aliphatic hydroxyl groups is 1. The van der Waals surface area contributed by atoms with E-state index < -0.39 is 0 Å². The van der Waals surface area contributed by atoms with Crippen LogP contribution in [0.2, 0.25) is 0 Å². The Labute approximate surface area is 123 Å². The van der Waals surface area contributed by atoms with E-state index in [1.165, 1.54) is 0 Å². The smallest absolute Gasteiger partial charge is 0.0868 e. The molecule has 1 N–H and O–H groups in total. The Hall–Kier alpha value is -0.340. The summed E-state index contributed by atoms with van der Waals surface area (Å²) < 4.78 is 11.9. The number of hydrogen-bond donors (Lipinski definition) is 1. The lowest BCUT2D eigenvalue weighted by Crippen LogP contribution is -2.28. The van der Waals surface area contributed by atoms with Crippen molar-refractivity contribution in [2.75, 3.05) is 0 Å². The van der Waals surface area contributed by atoms with E-state index in [0.717, 1.165) is 25.7 Å². The normalized spacial score (nSPS) is 37.2. The fourth-order valence-corrected chi connectivity index (χ4v) is 3.33. The summed E-state index contributed by atoms with van der Waals surface area (Å²) in [5.41, 5.74) is 0. The number of terminal acetylenes is 1. The molecule has 19 heavy (non-hydrogen) atoms. The van der Waals surface area contributed by atoms with Crippen molar-refractivity contribution in [3.63, 3.8) is 0 Å². The Morgan fingerprint density at radius 3 is 2.63 bits per heavy atom. The van der Waals surface area contributed by atoms with E-state index in [1.807, 2.05) is 13.0 Å². The molecule has 0 aromatic carbocycles. The third-order valence-electron chi connectivity index (χ3n) is 3.87. The lowest BCUT2D eigenvalue weighted by atomic mass is 10.0. The molecule has 0 aliphatic carbocycles. The fraction of sp³-hybridized carbons (Fsp3) is 0.733. The largest absolute Gasteiger partial charge is 0.390 e. The van der Waals surface area contributed by atoms with Crippen LogP contribution >= 0.6 is 15.9 Å². The minimum Gasteiger partial charge on any atom is -0.390 e. The molecular formula is C15H21BrO3.